The summed E-state index contributed by atoms with van der Waals surface area (Å²) in [7, 11) is 0. The molecule has 0 aliphatic heterocycles. The lowest BCUT2D eigenvalue weighted by Crippen LogP contribution is -1.95. The average Bonchev–Trinajstić information content (AvgIpc) is 2.18. The van der Waals surface area contributed by atoms with Crippen LogP contribution in [-0.2, 0) is 20.0 Å². The van der Waals surface area contributed by atoms with Gasteiger partial charge in [0.25, 0.3) is 0 Å². The summed E-state index contributed by atoms with van der Waals surface area (Å²) in [4.78, 5) is 0. The van der Waals surface area contributed by atoms with Crippen LogP contribution in [0.2, 0.25) is 0 Å². The summed E-state index contributed by atoms with van der Waals surface area (Å²) in [6, 6.07) is 2.86. The molecule has 0 heterocycles. The van der Waals surface area contributed by atoms with Gasteiger partial charge in [-0.25, -0.2) is 13.2 Å². The van der Waals surface area contributed by atoms with E-state index in [0.29, 0.717) is 20.3 Å². The molecular formula is C9H8F3I. The van der Waals surface area contributed by atoms with Crippen molar-refractivity contribution in [3.05, 3.63) is 32.4 Å². The van der Waals surface area contributed by atoms with Gasteiger partial charge in [0.2, 0.25) is 0 Å². The minimum atomic E-state index is -0.684. The zero-order valence-electron chi connectivity index (χ0n) is 6.79. The summed E-state index contributed by atoms with van der Waals surface area (Å²) in [6.07, 6.45) is 0. The third-order valence-corrected chi connectivity index (χ3v) is 3.11. The van der Waals surface area contributed by atoms with Crippen LogP contribution < -0.4 is 0 Å². The first-order chi connectivity index (χ1) is 6.22. The van der Waals surface area contributed by atoms with E-state index in [0.717, 1.165) is 0 Å². The van der Waals surface area contributed by atoms with Gasteiger partial charge in [0.1, 0.15) is 20.0 Å². The van der Waals surface area contributed by atoms with Crippen molar-refractivity contribution in [1.29, 1.82) is 0 Å². The van der Waals surface area contributed by atoms with E-state index in [1.54, 1.807) is 0 Å². The van der Waals surface area contributed by atoms with Crippen LogP contribution in [0.1, 0.15) is 16.7 Å². The third kappa shape index (κ3) is 2.36. The summed E-state index contributed by atoms with van der Waals surface area (Å²) in [5.41, 5.74) is 1.06. The lowest BCUT2D eigenvalue weighted by atomic mass is 10.1. The van der Waals surface area contributed by atoms with Crippen LogP contribution in [0.15, 0.2) is 12.1 Å². The monoisotopic (exact) mass is 300 g/mol. The van der Waals surface area contributed by atoms with Gasteiger partial charge in [0, 0.05) is 3.57 Å². The summed E-state index contributed by atoms with van der Waals surface area (Å²) in [5, 5.41) is 0. The molecule has 0 N–H and O–H groups in total. The van der Waals surface area contributed by atoms with Gasteiger partial charge in [-0.05, 0) is 51.4 Å². The van der Waals surface area contributed by atoms with Crippen LogP contribution in [0, 0.1) is 3.57 Å². The molecule has 0 aliphatic carbocycles. The fourth-order valence-corrected chi connectivity index (χ4v) is 1.69. The molecule has 0 spiro atoms. The lowest BCUT2D eigenvalue weighted by Gasteiger charge is -2.06. The zero-order chi connectivity index (χ0) is 9.84. The van der Waals surface area contributed by atoms with Crippen molar-refractivity contribution in [2.75, 3.05) is 0 Å². The molecule has 0 atom stereocenters. The molecule has 4 heteroatoms. The van der Waals surface area contributed by atoms with Crippen LogP contribution in [-0.4, -0.2) is 0 Å². The second-order valence-electron chi connectivity index (χ2n) is 2.63. The SMILES string of the molecule is FCc1cc(CF)c(I)c(CF)c1. The molecule has 0 unspecified atom stereocenters. The standard InChI is InChI=1S/C9H8F3I/c10-3-6-1-7(4-11)9(13)8(2-6)5-12/h1-2H,3-5H2. The van der Waals surface area contributed by atoms with E-state index in [1.165, 1.54) is 12.1 Å². The molecule has 1 aromatic carbocycles. The summed E-state index contributed by atoms with van der Waals surface area (Å²) >= 11 is 1.87. The third-order valence-electron chi connectivity index (χ3n) is 1.73. The highest BCUT2D eigenvalue weighted by atomic mass is 127. The van der Waals surface area contributed by atoms with Crippen LogP contribution in [0.4, 0.5) is 13.2 Å². The number of hydrogen-bond donors (Lipinski definition) is 0. The average molecular weight is 300 g/mol. The van der Waals surface area contributed by atoms with Crippen LogP contribution in [0.5, 0.6) is 0 Å². The molecule has 0 saturated carbocycles. The molecule has 0 fully saturated rings. The van der Waals surface area contributed by atoms with Gasteiger partial charge in [0.15, 0.2) is 0 Å². The van der Waals surface area contributed by atoms with Crippen molar-refractivity contribution >= 4 is 22.6 Å². The van der Waals surface area contributed by atoms with Crippen molar-refractivity contribution in [3.63, 3.8) is 0 Å². The molecule has 0 aliphatic rings. The first-order valence-corrected chi connectivity index (χ1v) is 4.78. The predicted molar refractivity (Wildman–Crippen MR) is 53.6 cm³/mol. The molecule has 72 valence electrons. The molecule has 0 radical (unpaired) electrons. The van der Waals surface area contributed by atoms with Gasteiger partial charge in [-0.3, -0.25) is 0 Å². The van der Waals surface area contributed by atoms with Crippen molar-refractivity contribution in [2.45, 2.75) is 20.0 Å². The molecule has 0 bridgehead atoms. The van der Waals surface area contributed by atoms with E-state index in [2.05, 4.69) is 0 Å². The van der Waals surface area contributed by atoms with Gasteiger partial charge in [-0.15, -0.1) is 0 Å². The molecule has 0 nitrogen and oxygen atoms in total. The zero-order valence-corrected chi connectivity index (χ0v) is 8.95. The second-order valence-corrected chi connectivity index (χ2v) is 3.71. The minimum Gasteiger partial charge on any atom is -0.246 e. The Bertz CT molecular complexity index is 274. The van der Waals surface area contributed by atoms with Crippen molar-refractivity contribution in [1.82, 2.24) is 0 Å². The Balaban J connectivity index is 3.20. The molecule has 0 amide bonds. The van der Waals surface area contributed by atoms with Gasteiger partial charge in [0.05, 0.1) is 0 Å². The van der Waals surface area contributed by atoms with Crippen LogP contribution in [0.25, 0.3) is 0 Å². The topological polar surface area (TPSA) is 0 Å². The molecule has 1 aromatic rings. The molecule has 13 heavy (non-hydrogen) atoms. The first kappa shape index (κ1) is 10.8. The Kier molecular flexibility index (Phi) is 4.02. The predicted octanol–water partition coefficient (Wildman–Crippen LogP) is 3.70. The number of rotatable bonds is 3. The van der Waals surface area contributed by atoms with E-state index in [-0.39, 0.29) is 0 Å². The van der Waals surface area contributed by atoms with Crippen LogP contribution in [0.3, 0.4) is 0 Å². The van der Waals surface area contributed by atoms with Gasteiger partial charge >= 0.3 is 0 Å². The maximum atomic E-state index is 12.4. The van der Waals surface area contributed by atoms with E-state index in [9.17, 15) is 13.2 Å². The minimum absolute atomic E-state index is 0.334. The lowest BCUT2D eigenvalue weighted by molar-refractivity contribution is 0.462. The van der Waals surface area contributed by atoms with Gasteiger partial charge in [-0.1, -0.05) is 0 Å². The van der Waals surface area contributed by atoms with Crippen LogP contribution >= 0.6 is 22.6 Å². The Hall–Kier alpha value is -0.260. The number of halogens is 4. The molecule has 0 saturated heterocycles. The van der Waals surface area contributed by atoms with Crippen molar-refractivity contribution in [2.24, 2.45) is 0 Å². The van der Waals surface area contributed by atoms with E-state index < -0.39 is 20.0 Å². The summed E-state index contributed by atoms with van der Waals surface area (Å²) in [5.74, 6) is 0. The number of hydrogen-bond acceptors (Lipinski definition) is 0. The quantitative estimate of drug-likeness (QED) is 0.747. The van der Waals surface area contributed by atoms with Gasteiger partial charge < -0.3 is 0 Å². The van der Waals surface area contributed by atoms with E-state index in [4.69, 9.17) is 0 Å². The summed E-state index contributed by atoms with van der Waals surface area (Å²) in [6.45, 7) is -2.05. The molecular weight excluding hydrogens is 292 g/mol. The highest BCUT2D eigenvalue weighted by Crippen LogP contribution is 2.22. The maximum Gasteiger partial charge on any atom is 0.116 e. The highest BCUT2D eigenvalue weighted by molar-refractivity contribution is 14.1. The fraction of sp³-hybridized carbons (Fsp3) is 0.333. The normalized spacial score (nSPS) is 10.5. The Morgan fingerprint density at radius 1 is 0.923 bits per heavy atom. The summed E-state index contributed by atoms with van der Waals surface area (Å²) < 4.78 is 37.5. The number of alkyl halides is 3. The van der Waals surface area contributed by atoms with Gasteiger partial charge in [-0.2, -0.15) is 0 Å². The smallest absolute Gasteiger partial charge is 0.116 e. The van der Waals surface area contributed by atoms with E-state index in [1.807, 2.05) is 22.6 Å². The fourth-order valence-electron chi connectivity index (χ4n) is 1.09. The Labute approximate surface area is 88.3 Å². The first-order valence-electron chi connectivity index (χ1n) is 3.71. The molecule has 0 aromatic heterocycles. The Morgan fingerprint density at radius 2 is 1.38 bits per heavy atom. The van der Waals surface area contributed by atoms with E-state index >= 15 is 0 Å². The van der Waals surface area contributed by atoms with Crippen molar-refractivity contribution in [3.8, 4) is 0 Å². The van der Waals surface area contributed by atoms with Crippen molar-refractivity contribution < 1.29 is 13.2 Å². The maximum absolute atomic E-state index is 12.4. The largest absolute Gasteiger partial charge is 0.246 e. The molecule has 1 rings (SSSR count). The number of benzene rings is 1. The highest BCUT2D eigenvalue weighted by Gasteiger charge is 2.08. The Morgan fingerprint density at radius 3 is 1.69 bits per heavy atom. The second kappa shape index (κ2) is 4.83.